The first-order valence-electron chi connectivity index (χ1n) is 14.0. The van der Waals surface area contributed by atoms with E-state index in [-0.39, 0.29) is 0 Å². The van der Waals surface area contributed by atoms with Crippen LogP contribution in [0.5, 0.6) is 5.75 Å². The van der Waals surface area contributed by atoms with Gasteiger partial charge in [-0.25, -0.2) is 4.98 Å². The van der Waals surface area contributed by atoms with Crippen LogP contribution in [0, 0.1) is 12.8 Å². The Morgan fingerprint density at radius 2 is 1.85 bits per heavy atom. The molecule has 2 aliphatic heterocycles. The fraction of sp³-hybridized carbons (Fsp3) is 0.387. The van der Waals surface area contributed by atoms with Crippen molar-refractivity contribution in [3.05, 3.63) is 77.5 Å². The molecular formula is C31H34N6O2. The van der Waals surface area contributed by atoms with Gasteiger partial charge in [-0.2, -0.15) is 0 Å². The minimum Gasteiger partial charge on any atom is -0.485 e. The number of para-hydroxylation sites is 1. The largest absolute Gasteiger partial charge is 0.485 e. The van der Waals surface area contributed by atoms with Crippen LogP contribution in [-0.4, -0.2) is 65.0 Å². The number of pyridine rings is 1. The Bertz CT molecular complexity index is 1550. The average Bonchev–Trinajstić information content (AvgIpc) is 3.72. The number of aryl methyl sites for hydroxylation is 1. The number of aromatic nitrogens is 3. The zero-order chi connectivity index (χ0) is 26.3. The molecule has 7 rings (SSSR count). The van der Waals surface area contributed by atoms with Crippen molar-refractivity contribution in [3.63, 3.8) is 0 Å². The molecule has 39 heavy (non-hydrogen) atoms. The van der Waals surface area contributed by atoms with E-state index in [9.17, 15) is 0 Å². The van der Waals surface area contributed by atoms with Gasteiger partial charge >= 0.3 is 0 Å². The molecule has 1 aliphatic carbocycles. The van der Waals surface area contributed by atoms with Crippen molar-refractivity contribution in [3.8, 4) is 11.4 Å². The number of anilines is 1. The Balaban J connectivity index is 1.03. The lowest BCUT2D eigenvalue weighted by atomic mass is 10.1. The first-order chi connectivity index (χ1) is 19.2. The van der Waals surface area contributed by atoms with Crippen LogP contribution in [0.2, 0.25) is 0 Å². The molecule has 0 spiro atoms. The average molecular weight is 523 g/mol. The third-order valence-electron chi connectivity index (χ3n) is 8.21. The van der Waals surface area contributed by atoms with Gasteiger partial charge in [-0.1, -0.05) is 23.4 Å². The van der Waals surface area contributed by atoms with Crippen LogP contribution in [0.25, 0.3) is 16.6 Å². The van der Waals surface area contributed by atoms with Crippen LogP contribution in [0.1, 0.15) is 35.5 Å². The Morgan fingerprint density at radius 1 is 1.03 bits per heavy atom. The van der Waals surface area contributed by atoms with Gasteiger partial charge in [0.05, 0.1) is 16.9 Å². The zero-order valence-electron chi connectivity index (χ0n) is 22.6. The second-order valence-corrected chi connectivity index (χ2v) is 10.8. The number of piperazine rings is 1. The molecule has 1 saturated heterocycles. The summed E-state index contributed by atoms with van der Waals surface area (Å²) in [7, 11) is 1.60. The molecule has 0 unspecified atom stereocenters. The molecule has 2 aromatic carbocycles. The quantitative estimate of drug-likeness (QED) is 0.258. The second-order valence-electron chi connectivity index (χ2n) is 10.8. The van der Waals surface area contributed by atoms with Crippen molar-refractivity contribution in [2.75, 3.05) is 44.7 Å². The maximum atomic E-state index is 6.38. The summed E-state index contributed by atoms with van der Waals surface area (Å²) in [4.78, 5) is 19.7. The molecule has 1 saturated carbocycles. The Labute approximate surface area is 228 Å². The molecule has 0 atom stereocenters. The van der Waals surface area contributed by atoms with Gasteiger partial charge in [-0.15, -0.1) is 0 Å². The maximum Gasteiger partial charge on any atom is 0.147 e. The minimum absolute atomic E-state index is 0.444. The Kier molecular flexibility index (Phi) is 6.19. The van der Waals surface area contributed by atoms with Gasteiger partial charge in [-0.05, 0) is 62.1 Å². The minimum atomic E-state index is 0.444. The highest BCUT2D eigenvalue weighted by atomic mass is 16.6. The number of imidazole rings is 1. The number of fused-ring (bicyclic) bond motifs is 4. The van der Waals surface area contributed by atoms with Gasteiger partial charge in [0.1, 0.15) is 37.2 Å². The van der Waals surface area contributed by atoms with E-state index in [0.29, 0.717) is 12.5 Å². The van der Waals surface area contributed by atoms with Crippen molar-refractivity contribution >= 4 is 22.3 Å². The van der Waals surface area contributed by atoms with Crippen LogP contribution in [0.15, 0.2) is 60.0 Å². The lowest BCUT2D eigenvalue weighted by molar-refractivity contribution is 0.212. The van der Waals surface area contributed by atoms with Crippen molar-refractivity contribution in [1.82, 2.24) is 19.4 Å². The van der Waals surface area contributed by atoms with Gasteiger partial charge in [0.15, 0.2) is 0 Å². The highest BCUT2D eigenvalue weighted by Crippen LogP contribution is 2.38. The smallest absolute Gasteiger partial charge is 0.147 e. The molecule has 0 bridgehead atoms. The predicted octanol–water partition coefficient (Wildman–Crippen LogP) is 4.75. The molecule has 200 valence electrons. The summed E-state index contributed by atoms with van der Waals surface area (Å²) in [6.45, 7) is 7.68. The number of hydrogen-bond acceptors (Lipinski definition) is 7. The van der Waals surface area contributed by atoms with E-state index in [2.05, 4.69) is 68.1 Å². The summed E-state index contributed by atoms with van der Waals surface area (Å²) >= 11 is 0. The van der Waals surface area contributed by atoms with E-state index in [1.165, 1.54) is 16.6 Å². The van der Waals surface area contributed by atoms with Gasteiger partial charge in [0.25, 0.3) is 0 Å². The van der Waals surface area contributed by atoms with Crippen LogP contribution in [-0.2, 0) is 17.9 Å². The Morgan fingerprint density at radius 3 is 2.67 bits per heavy atom. The predicted molar refractivity (Wildman–Crippen MR) is 153 cm³/mol. The summed E-state index contributed by atoms with van der Waals surface area (Å²) < 4.78 is 8.55. The zero-order valence-corrected chi connectivity index (χ0v) is 22.6. The molecule has 4 aromatic rings. The maximum absolute atomic E-state index is 6.38. The molecule has 3 aliphatic rings. The molecular weight excluding hydrogens is 488 g/mol. The molecule has 0 amide bonds. The van der Waals surface area contributed by atoms with Gasteiger partial charge in [0.2, 0.25) is 0 Å². The van der Waals surface area contributed by atoms with E-state index in [1.54, 1.807) is 7.11 Å². The van der Waals surface area contributed by atoms with Crippen LogP contribution >= 0.6 is 0 Å². The lowest BCUT2D eigenvalue weighted by Gasteiger charge is -2.36. The fourth-order valence-electron chi connectivity index (χ4n) is 5.97. The molecule has 2 fully saturated rings. The van der Waals surface area contributed by atoms with Gasteiger partial charge < -0.3 is 14.5 Å². The third kappa shape index (κ3) is 4.52. The molecule has 2 aromatic heterocycles. The normalized spacial score (nSPS) is 17.6. The van der Waals surface area contributed by atoms with Crippen LogP contribution in [0.3, 0.4) is 0 Å². The molecule has 0 N–H and O–H groups in total. The van der Waals surface area contributed by atoms with Gasteiger partial charge in [-0.3, -0.25) is 14.5 Å². The molecule has 8 nitrogen and oxygen atoms in total. The van der Waals surface area contributed by atoms with E-state index in [0.717, 1.165) is 91.7 Å². The molecule has 8 heteroatoms. The highest BCUT2D eigenvalue weighted by molar-refractivity contribution is 6.02. The number of nitrogens with zero attached hydrogens (tertiary/aromatic N) is 6. The topological polar surface area (TPSA) is 68.0 Å². The summed E-state index contributed by atoms with van der Waals surface area (Å²) in [5.41, 5.74) is 8.65. The van der Waals surface area contributed by atoms with Crippen molar-refractivity contribution in [2.45, 2.75) is 32.8 Å². The second kappa shape index (κ2) is 10.0. The number of rotatable bonds is 7. The fourth-order valence-corrected chi connectivity index (χ4v) is 5.97. The third-order valence-corrected chi connectivity index (χ3v) is 8.21. The van der Waals surface area contributed by atoms with Crippen molar-refractivity contribution in [1.29, 1.82) is 0 Å². The van der Waals surface area contributed by atoms with Crippen molar-refractivity contribution in [2.24, 2.45) is 11.1 Å². The standard InChI is InChI=1S/C31H34N6O2/c1-21-9-12-24-25(33-21)6-4-7-26(24)36-17-15-35(16-18-36)14-13-23-5-3-8-27-31(23)39-19-28-30(32-20-37(27)28)29(34-38-2)22-10-11-22/h3-9,12,20,22H,10-11,13-19H2,1-2H3/b34-29+. The summed E-state index contributed by atoms with van der Waals surface area (Å²) in [6.07, 6.45) is 5.15. The molecule has 4 heterocycles. The first kappa shape index (κ1) is 24.2. The van der Waals surface area contributed by atoms with E-state index in [1.807, 2.05) is 13.3 Å². The van der Waals surface area contributed by atoms with Crippen LogP contribution in [0.4, 0.5) is 5.69 Å². The summed E-state index contributed by atoms with van der Waals surface area (Å²) in [5.74, 6) is 1.42. The number of ether oxygens (including phenoxy) is 1. The van der Waals surface area contributed by atoms with E-state index >= 15 is 0 Å². The first-order valence-corrected chi connectivity index (χ1v) is 14.0. The Hall–Kier alpha value is -3.91. The van der Waals surface area contributed by atoms with Crippen LogP contribution < -0.4 is 9.64 Å². The summed E-state index contributed by atoms with van der Waals surface area (Å²) in [6, 6.07) is 17.2. The number of benzene rings is 2. The van der Waals surface area contributed by atoms with E-state index < -0.39 is 0 Å². The molecule has 0 radical (unpaired) electrons. The van der Waals surface area contributed by atoms with E-state index in [4.69, 9.17) is 19.5 Å². The van der Waals surface area contributed by atoms with Gasteiger partial charge in [0, 0.05) is 55.4 Å². The summed E-state index contributed by atoms with van der Waals surface area (Å²) in [5, 5.41) is 5.55. The number of oxime groups is 1. The highest BCUT2D eigenvalue weighted by Gasteiger charge is 2.34. The monoisotopic (exact) mass is 522 g/mol. The SMILES string of the molecule is CO/N=C(/c1ncn2c1COc1c(CCN3CCN(c4cccc5nc(C)ccc45)CC3)cccc1-2)C1CC1. The number of hydrogen-bond donors (Lipinski definition) is 0. The van der Waals surface area contributed by atoms with Crippen molar-refractivity contribution < 1.29 is 9.57 Å². The lowest BCUT2D eigenvalue weighted by Crippen LogP contribution is -2.47.